The van der Waals surface area contributed by atoms with Crippen molar-refractivity contribution in [2.24, 2.45) is 10.4 Å². The molecule has 8 rings (SSSR count). The summed E-state index contributed by atoms with van der Waals surface area (Å²) in [6.45, 7) is 12.1. The topological polar surface area (TPSA) is 271 Å². The van der Waals surface area contributed by atoms with Crippen molar-refractivity contribution < 1.29 is 38.7 Å². The Balaban J connectivity index is 1.04. The minimum atomic E-state index is -1.40. The van der Waals surface area contributed by atoms with Gasteiger partial charge in [-0.05, 0) is 74.8 Å². The number of hydrogen-bond donors (Lipinski definition) is 7. The first kappa shape index (κ1) is 55.4. The zero-order chi connectivity index (χ0) is 54.6. The van der Waals surface area contributed by atoms with Gasteiger partial charge in [-0.2, -0.15) is 0 Å². The number of halogens is 1. The van der Waals surface area contributed by atoms with Crippen LogP contribution in [0, 0.1) is 33.1 Å². The van der Waals surface area contributed by atoms with Gasteiger partial charge in [0.2, 0.25) is 41.4 Å². The van der Waals surface area contributed by atoms with E-state index in [0.717, 1.165) is 42.7 Å². The Morgan fingerprint density at radius 2 is 1.58 bits per heavy atom. The van der Waals surface area contributed by atoms with Crippen molar-refractivity contribution in [2.45, 2.75) is 123 Å². The van der Waals surface area contributed by atoms with E-state index in [4.69, 9.17) is 16.6 Å². The summed E-state index contributed by atoms with van der Waals surface area (Å²) in [5.41, 5.74) is 6.25. The smallest absolute Gasteiger partial charge is 0.247 e. The maximum Gasteiger partial charge on any atom is 0.247 e. The van der Waals surface area contributed by atoms with Gasteiger partial charge in [0.05, 0.1) is 40.9 Å². The molecule has 3 aliphatic rings. The summed E-state index contributed by atoms with van der Waals surface area (Å²) >= 11 is 9.31. The molecule has 0 unspecified atom stereocenters. The summed E-state index contributed by atoms with van der Waals surface area (Å²) in [5, 5.41) is 37.7. The second kappa shape index (κ2) is 23.6. The maximum absolute atomic E-state index is 14.3. The number of amides is 7. The van der Waals surface area contributed by atoms with Gasteiger partial charge in [0.1, 0.15) is 41.0 Å². The second-order valence-corrected chi connectivity index (χ2v) is 22.9. The molecule has 7 N–H and O–H groups in total. The fourth-order valence-corrected chi connectivity index (χ4v) is 11.7. The Morgan fingerprint density at radius 3 is 2.28 bits per heavy atom. The van der Waals surface area contributed by atoms with Gasteiger partial charge in [0.25, 0.3) is 0 Å². The third kappa shape index (κ3) is 12.5. The van der Waals surface area contributed by atoms with Crippen molar-refractivity contribution in [1.29, 1.82) is 0 Å². The summed E-state index contributed by atoms with van der Waals surface area (Å²) in [5.74, 6) is -3.30. The Morgan fingerprint density at radius 1 is 0.855 bits per heavy atom. The van der Waals surface area contributed by atoms with Crippen molar-refractivity contribution >= 4 is 81.3 Å². The molecular weight excluding hydrogens is 1030 g/mol. The fraction of sp³-hybridized carbons (Fsp3) is 0.453. The number of nitrogens with zero attached hydrogens (tertiary/aromatic N) is 6. The van der Waals surface area contributed by atoms with Crippen LogP contribution in [0.25, 0.3) is 15.4 Å². The summed E-state index contributed by atoms with van der Waals surface area (Å²) in [6.07, 6.45) is 0.0757. The van der Waals surface area contributed by atoms with Crippen LogP contribution in [0.2, 0.25) is 5.02 Å². The predicted molar refractivity (Wildman–Crippen MR) is 288 cm³/mol. The SMILES string of the molecule is Cc1ncsc1-c1ccc([C@H]2NC(=O)[C@@H]3C[C@@H](O)CN3C(=O)[C@H](C(C)(C)C)NC(=O)CCCCCNC(=O)[C@@H](CNC(=O)C[C@@H]3N=C(c4ccc(Cl)cc4)c4c(sc(C)c4C)-n4c(C)nnc43)NC(=O)CNC2=O)cc1. The number of hydrogen-bond acceptors (Lipinski definition) is 14. The van der Waals surface area contributed by atoms with Crippen LogP contribution in [0.3, 0.4) is 0 Å². The van der Waals surface area contributed by atoms with E-state index in [0.29, 0.717) is 47.2 Å². The van der Waals surface area contributed by atoms with Gasteiger partial charge in [-0.15, -0.1) is 32.9 Å². The minimum absolute atomic E-state index is 0.0682. The monoisotopic (exact) mass is 1090 g/mol. The second-order valence-electron chi connectivity index (χ2n) is 20.4. The van der Waals surface area contributed by atoms with Crippen LogP contribution < -0.4 is 31.9 Å². The van der Waals surface area contributed by atoms with Gasteiger partial charge in [-0.1, -0.05) is 75.2 Å². The fourth-order valence-electron chi connectivity index (χ4n) is 9.54. The molecule has 2 saturated heterocycles. The van der Waals surface area contributed by atoms with Crippen LogP contribution in [0.5, 0.6) is 0 Å². The first-order valence-electron chi connectivity index (χ1n) is 25.2. The van der Waals surface area contributed by atoms with E-state index in [1.807, 2.05) is 44.4 Å². The molecule has 0 bridgehead atoms. The molecule has 0 radical (unpaired) electrons. The Kier molecular flexibility index (Phi) is 17.2. The van der Waals surface area contributed by atoms with Gasteiger partial charge in [0, 0.05) is 53.5 Å². The van der Waals surface area contributed by atoms with Crippen LogP contribution in [-0.4, -0.2) is 127 Å². The summed E-state index contributed by atoms with van der Waals surface area (Å²) < 4.78 is 1.92. The predicted octanol–water partition coefficient (Wildman–Crippen LogP) is 4.38. The molecule has 6 atom stereocenters. The van der Waals surface area contributed by atoms with Crippen LogP contribution >= 0.6 is 34.3 Å². The molecule has 0 aliphatic carbocycles. The number of nitrogens with one attached hydrogen (secondary N) is 6. The average Bonchev–Trinajstić information content (AvgIpc) is 4.18. The molecule has 20 nitrogen and oxygen atoms in total. The number of aliphatic hydroxyl groups is 1. The number of fused-ring (bicyclic) bond motifs is 4. The first-order valence-corrected chi connectivity index (χ1v) is 27.3. The van der Waals surface area contributed by atoms with Crippen LogP contribution in [0.15, 0.2) is 59.0 Å². The quantitative estimate of drug-likeness (QED) is 0.120. The lowest BCUT2D eigenvalue weighted by Crippen LogP contribution is -2.58. The Labute approximate surface area is 453 Å². The van der Waals surface area contributed by atoms with E-state index in [-0.39, 0.29) is 44.8 Å². The number of aliphatic imine (C=N–C) groups is 1. The standard InChI is InChI=1S/C53H63ClN12O8S2/c1-27-29(3)76-52-42(27)43(31-16-18-34(54)19-17-31)60-36(47-64-63-30(4)66(47)52)22-40(69)56-23-37-48(71)55-20-10-8-9-11-39(68)61-46(53(5,6)7)51(74)65-25-35(67)21-38(65)49(72)62-44(50(73)57-24-41(70)59-37)32-12-14-33(15-13-32)45-28(2)58-26-75-45/h12-19,26,35-38,44,46,67H,8-11,20-25H2,1-7H3,(H,55,71)(H,56,69)(H,57,73)(H,59,70)(H,61,68)(H,62,72)/t35-,36+,37-,38+,44-,46-/m1/s1. The third-order valence-electron chi connectivity index (χ3n) is 13.8. The van der Waals surface area contributed by atoms with Crippen molar-refractivity contribution in [3.8, 4) is 15.4 Å². The zero-order valence-electron chi connectivity index (χ0n) is 43.4. The molecule has 2 aromatic carbocycles. The number of rotatable bonds is 7. The lowest BCUT2D eigenvalue weighted by molar-refractivity contribution is -0.144. The zero-order valence-corrected chi connectivity index (χ0v) is 45.8. The highest BCUT2D eigenvalue weighted by Gasteiger charge is 2.45. The van der Waals surface area contributed by atoms with Gasteiger partial charge in [0.15, 0.2) is 5.82 Å². The number of benzene rings is 2. The lowest BCUT2D eigenvalue weighted by atomic mass is 9.85. The van der Waals surface area contributed by atoms with E-state index in [1.165, 1.54) is 16.2 Å². The molecule has 76 heavy (non-hydrogen) atoms. The number of aryl methyl sites for hydroxylation is 3. The molecule has 3 aliphatic heterocycles. The number of thiazole rings is 1. The highest BCUT2D eigenvalue weighted by Crippen LogP contribution is 2.40. The van der Waals surface area contributed by atoms with E-state index < -0.39 is 83.7 Å². The Bertz CT molecular complexity index is 3050. The largest absolute Gasteiger partial charge is 0.391 e. The summed E-state index contributed by atoms with van der Waals surface area (Å²) in [6, 6.07) is 8.38. The van der Waals surface area contributed by atoms with E-state index in [9.17, 15) is 38.7 Å². The lowest BCUT2D eigenvalue weighted by Gasteiger charge is -2.35. The van der Waals surface area contributed by atoms with Crippen LogP contribution in [0.4, 0.5) is 0 Å². The van der Waals surface area contributed by atoms with Crippen molar-refractivity contribution in [3.63, 3.8) is 0 Å². The van der Waals surface area contributed by atoms with Gasteiger partial charge in [-0.25, -0.2) is 4.98 Å². The normalized spacial score (nSPS) is 22.5. The number of thiophene rings is 1. The number of carbonyl (C=O) groups is 7. The molecule has 402 valence electrons. The van der Waals surface area contributed by atoms with Crippen molar-refractivity contribution in [1.82, 2.24) is 56.5 Å². The molecule has 6 heterocycles. The van der Waals surface area contributed by atoms with Crippen LogP contribution in [0.1, 0.15) is 116 Å². The number of aliphatic hydroxyl groups excluding tert-OH is 1. The molecular formula is C53H63ClN12O8S2. The van der Waals surface area contributed by atoms with E-state index >= 15 is 0 Å². The first-order chi connectivity index (χ1) is 36.2. The Hall–Kier alpha value is -6.88. The van der Waals surface area contributed by atoms with Gasteiger partial charge >= 0.3 is 0 Å². The molecule has 0 spiro atoms. The van der Waals surface area contributed by atoms with Crippen LogP contribution in [-0.2, 0) is 33.6 Å². The number of carbonyl (C=O) groups excluding carboxylic acids is 7. The summed E-state index contributed by atoms with van der Waals surface area (Å²) in [4.78, 5) is 111. The maximum atomic E-state index is 14.3. The average molecular weight is 1100 g/mol. The molecule has 7 amide bonds. The highest BCUT2D eigenvalue weighted by atomic mass is 35.5. The molecule has 23 heteroatoms. The van der Waals surface area contributed by atoms with Gasteiger partial charge < -0.3 is 41.9 Å². The molecule has 5 aromatic rings. The van der Waals surface area contributed by atoms with Crippen molar-refractivity contribution in [3.05, 3.63) is 104 Å². The molecule has 2 fully saturated rings. The minimum Gasteiger partial charge on any atom is -0.391 e. The highest BCUT2D eigenvalue weighted by molar-refractivity contribution is 7.15. The van der Waals surface area contributed by atoms with Gasteiger partial charge in [-0.3, -0.25) is 43.1 Å². The van der Waals surface area contributed by atoms with Crippen molar-refractivity contribution in [2.75, 3.05) is 26.2 Å². The number of aromatic nitrogens is 4. The van der Waals surface area contributed by atoms with E-state index in [1.54, 1.807) is 74.0 Å². The summed E-state index contributed by atoms with van der Waals surface area (Å²) in [7, 11) is 0. The third-order valence-corrected chi connectivity index (χ3v) is 16.2. The molecule has 0 saturated carbocycles. The van der Waals surface area contributed by atoms with E-state index in [2.05, 4.69) is 47.1 Å². The molecule has 3 aromatic heterocycles.